The van der Waals surface area contributed by atoms with Gasteiger partial charge in [-0.1, -0.05) is 31.2 Å². The van der Waals surface area contributed by atoms with Gasteiger partial charge in [-0.15, -0.1) is 0 Å². The average molecular weight is 399 g/mol. The standard InChI is InChI=1S/C23H21N5O2/c1-2-14-4-3-5-17(12-14)27-23(30)26-16-8-6-15(7-9-16)20-18-10-11-25-13-19(18)28-21(20)22(24)29/h3-13,28H,2H2,1H3,(H2,24,29)(H2,26,27,30). The van der Waals surface area contributed by atoms with E-state index in [0.29, 0.717) is 16.9 Å². The van der Waals surface area contributed by atoms with Gasteiger partial charge in [-0.2, -0.15) is 0 Å². The third-order valence-electron chi connectivity index (χ3n) is 4.87. The van der Waals surface area contributed by atoms with Crippen molar-refractivity contribution in [2.24, 2.45) is 5.73 Å². The van der Waals surface area contributed by atoms with Crippen LogP contribution in [0.4, 0.5) is 16.2 Å². The predicted molar refractivity (Wildman–Crippen MR) is 119 cm³/mol. The van der Waals surface area contributed by atoms with Crippen molar-refractivity contribution < 1.29 is 9.59 Å². The summed E-state index contributed by atoms with van der Waals surface area (Å²) in [4.78, 5) is 31.3. The van der Waals surface area contributed by atoms with Crippen LogP contribution >= 0.6 is 0 Å². The zero-order valence-corrected chi connectivity index (χ0v) is 16.4. The number of hydrogen-bond acceptors (Lipinski definition) is 3. The van der Waals surface area contributed by atoms with Gasteiger partial charge in [0.25, 0.3) is 5.91 Å². The van der Waals surface area contributed by atoms with Crippen LogP contribution in [0, 0.1) is 0 Å². The second-order valence-corrected chi connectivity index (χ2v) is 6.87. The molecule has 150 valence electrons. The highest BCUT2D eigenvalue weighted by molar-refractivity contribution is 6.09. The van der Waals surface area contributed by atoms with E-state index in [4.69, 9.17) is 5.73 Å². The van der Waals surface area contributed by atoms with Crippen LogP contribution < -0.4 is 16.4 Å². The van der Waals surface area contributed by atoms with E-state index in [1.165, 1.54) is 0 Å². The smallest absolute Gasteiger partial charge is 0.323 e. The van der Waals surface area contributed by atoms with Gasteiger partial charge in [0.2, 0.25) is 0 Å². The molecule has 4 rings (SSSR count). The number of carbonyl (C=O) groups is 2. The molecule has 0 aliphatic carbocycles. The van der Waals surface area contributed by atoms with Gasteiger partial charge in [-0.05, 0) is 47.9 Å². The number of hydrogen-bond donors (Lipinski definition) is 4. The molecule has 0 unspecified atom stereocenters. The molecule has 5 N–H and O–H groups in total. The molecule has 0 spiro atoms. The molecular formula is C23H21N5O2. The van der Waals surface area contributed by atoms with Gasteiger partial charge in [0.1, 0.15) is 5.69 Å². The lowest BCUT2D eigenvalue weighted by Gasteiger charge is -2.10. The summed E-state index contributed by atoms with van der Waals surface area (Å²) in [6.07, 6.45) is 4.22. The molecule has 7 heteroatoms. The number of benzene rings is 2. The van der Waals surface area contributed by atoms with E-state index in [1.54, 1.807) is 24.5 Å². The number of pyridine rings is 1. The lowest BCUT2D eigenvalue weighted by atomic mass is 10.0. The van der Waals surface area contributed by atoms with E-state index < -0.39 is 5.91 Å². The summed E-state index contributed by atoms with van der Waals surface area (Å²) in [7, 11) is 0. The summed E-state index contributed by atoms with van der Waals surface area (Å²) >= 11 is 0. The summed E-state index contributed by atoms with van der Waals surface area (Å²) in [5.41, 5.74) is 10.6. The Morgan fingerprint density at radius 2 is 1.80 bits per heavy atom. The third kappa shape index (κ3) is 3.86. The molecule has 0 saturated carbocycles. The van der Waals surface area contributed by atoms with Crippen LogP contribution in [0.1, 0.15) is 23.0 Å². The van der Waals surface area contributed by atoms with Gasteiger partial charge in [0.05, 0.1) is 11.7 Å². The van der Waals surface area contributed by atoms with Crippen molar-refractivity contribution in [1.82, 2.24) is 9.97 Å². The molecule has 7 nitrogen and oxygen atoms in total. The number of nitrogens with zero attached hydrogens (tertiary/aromatic N) is 1. The first-order valence-corrected chi connectivity index (χ1v) is 9.58. The van der Waals surface area contributed by atoms with Crippen LogP contribution in [0.3, 0.4) is 0 Å². The molecule has 0 atom stereocenters. The molecule has 30 heavy (non-hydrogen) atoms. The van der Waals surface area contributed by atoms with Crippen molar-refractivity contribution in [2.75, 3.05) is 10.6 Å². The maximum Gasteiger partial charge on any atom is 0.323 e. The van der Waals surface area contributed by atoms with E-state index in [0.717, 1.165) is 34.1 Å². The molecule has 0 saturated heterocycles. The van der Waals surface area contributed by atoms with Crippen LogP contribution in [0.2, 0.25) is 0 Å². The van der Waals surface area contributed by atoms with Crippen LogP contribution in [0.25, 0.3) is 22.0 Å². The maximum atomic E-state index is 12.3. The minimum Gasteiger partial charge on any atom is -0.364 e. The number of aromatic amines is 1. The zero-order chi connectivity index (χ0) is 21.1. The van der Waals surface area contributed by atoms with Gasteiger partial charge in [0.15, 0.2) is 0 Å². The number of H-pyrrole nitrogens is 1. The number of primary amides is 1. The molecule has 0 bridgehead atoms. The minimum absolute atomic E-state index is 0.326. The maximum absolute atomic E-state index is 12.3. The number of urea groups is 1. The minimum atomic E-state index is -0.544. The Labute approximate surface area is 173 Å². The number of aryl methyl sites for hydroxylation is 1. The largest absolute Gasteiger partial charge is 0.364 e. The fourth-order valence-electron chi connectivity index (χ4n) is 3.41. The topological polar surface area (TPSA) is 113 Å². The first-order valence-electron chi connectivity index (χ1n) is 9.58. The van der Waals surface area contributed by atoms with Crippen molar-refractivity contribution in [3.63, 3.8) is 0 Å². The third-order valence-corrected chi connectivity index (χ3v) is 4.87. The Balaban J connectivity index is 1.55. The van der Waals surface area contributed by atoms with Crippen LogP contribution in [0.5, 0.6) is 0 Å². The Kier molecular flexibility index (Phi) is 5.17. The number of amides is 3. The number of aromatic nitrogens is 2. The lowest BCUT2D eigenvalue weighted by molar-refractivity contribution is 0.0997. The summed E-state index contributed by atoms with van der Waals surface area (Å²) in [5.74, 6) is -0.544. The molecule has 2 aromatic heterocycles. The molecule has 0 aliphatic rings. The number of carbonyl (C=O) groups excluding carboxylic acids is 2. The van der Waals surface area contributed by atoms with Crippen molar-refractivity contribution in [2.45, 2.75) is 13.3 Å². The SMILES string of the molecule is CCc1cccc(NC(=O)Nc2ccc(-c3c(C(N)=O)[nH]c4cnccc34)cc2)c1. The quantitative estimate of drug-likeness (QED) is 0.395. The summed E-state index contributed by atoms with van der Waals surface area (Å²) in [6.45, 7) is 2.06. The normalized spacial score (nSPS) is 10.7. The van der Waals surface area contributed by atoms with Gasteiger partial charge < -0.3 is 21.4 Å². The van der Waals surface area contributed by atoms with Gasteiger partial charge in [0, 0.05) is 28.5 Å². The Bertz CT molecular complexity index is 1230. The molecule has 0 radical (unpaired) electrons. The average Bonchev–Trinajstić information content (AvgIpc) is 3.14. The molecular weight excluding hydrogens is 378 g/mol. The van der Waals surface area contributed by atoms with E-state index in [2.05, 4.69) is 27.5 Å². The Morgan fingerprint density at radius 1 is 1.03 bits per heavy atom. The highest BCUT2D eigenvalue weighted by Gasteiger charge is 2.17. The van der Waals surface area contributed by atoms with Crippen LogP contribution in [-0.2, 0) is 6.42 Å². The van der Waals surface area contributed by atoms with Gasteiger partial charge in [-0.3, -0.25) is 9.78 Å². The molecule has 4 aromatic rings. The van der Waals surface area contributed by atoms with E-state index in [-0.39, 0.29) is 6.03 Å². The molecule has 2 heterocycles. The molecule has 0 fully saturated rings. The number of nitrogens with two attached hydrogens (primary N) is 1. The van der Waals surface area contributed by atoms with E-state index in [1.807, 2.05) is 42.5 Å². The van der Waals surface area contributed by atoms with Gasteiger partial charge >= 0.3 is 6.03 Å². The summed E-state index contributed by atoms with van der Waals surface area (Å²) in [6, 6.07) is 16.5. The summed E-state index contributed by atoms with van der Waals surface area (Å²) < 4.78 is 0. The second-order valence-electron chi connectivity index (χ2n) is 6.87. The number of anilines is 2. The molecule has 0 aliphatic heterocycles. The van der Waals surface area contributed by atoms with Crippen LogP contribution in [-0.4, -0.2) is 21.9 Å². The highest BCUT2D eigenvalue weighted by Crippen LogP contribution is 2.32. The predicted octanol–water partition coefficient (Wildman–Crippen LogP) is 4.54. The fourth-order valence-corrected chi connectivity index (χ4v) is 3.41. The number of rotatable bonds is 5. The number of fused-ring (bicyclic) bond motifs is 1. The lowest BCUT2D eigenvalue weighted by Crippen LogP contribution is -2.19. The second kappa shape index (κ2) is 8.08. The van der Waals surface area contributed by atoms with E-state index >= 15 is 0 Å². The zero-order valence-electron chi connectivity index (χ0n) is 16.4. The summed E-state index contributed by atoms with van der Waals surface area (Å²) in [5, 5.41) is 6.50. The van der Waals surface area contributed by atoms with E-state index in [9.17, 15) is 9.59 Å². The van der Waals surface area contributed by atoms with Crippen molar-refractivity contribution in [3.8, 4) is 11.1 Å². The molecule has 3 amide bonds. The fraction of sp³-hybridized carbons (Fsp3) is 0.0870. The van der Waals surface area contributed by atoms with Gasteiger partial charge in [-0.25, -0.2) is 4.79 Å². The van der Waals surface area contributed by atoms with Crippen molar-refractivity contribution >= 4 is 34.2 Å². The van der Waals surface area contributed by atoms with Crippen LogP contribution in [0.15, 0.2) is 67.0 Å². The Morgan fingerprint density at radius 3 is 2.53 bits per heavy atom. The molecule has 2 aromatic carbocycles. The first kappa shape index (κ1) is 19.2. The van der Waals surface area contributed by atoms with Crippen molar-refractivity contribution in [3.05, 3.63) is 78.2 Å². The van der Waals surface area contributed by atoms with Crippen molar-refractivity contribution in [1.29, 1.82) is 0 Å². The highest BCUT2D eigenvalue weighted by atomic mass is 16.2. The monoisotopic (exact) mass is 399 g/mol. The number of nitrogens with one attached hydrogen (secondary N) is 3. The Hall–Kier alpha value is -4.13. The first-order chi connectivity index (χ1) is 14.5.